The molecule has 1 fully saturated rings. The molecule has 20 nitrogen and oxygen atoms in total. The van der Waals surface area contributed by atoms with E-state index in [0.29, 0.717) is 16.6 Å². The van der Waals surface area contributed by atoms with Gasteiger partial charge >= 0.3 is 23.5 Å². The summed E-state index contributed by atoms with van der Waals surface area (Å²) in [7, 11) is -16.7. The van der Waals surface area contributed by atoms with E-state index < -0.39 is 55.2 Å². The third-order valence-corrected chi connectivity index (χ3v) is 8.48. The van der Waals surface area contributed by atoms with E-state index in [9.17, 15) is 23.5 Å². The number of rotatable bonds is 11. The smallest absolute Gasteiger partial charge is 0.383 e. The first-order valence-corrected chi connectivity index (χ1v) is 14.6. The summed E-state index contributed by atoms with van der Waals surface area (Å²) < 4.78 is 59.4. The van der Waals surface area contributed by atoms with Gasteiger partial charge in [0.25, 0.3) is 0 Å². The number of ether oxygens (including phenoxy) is 2. The molecule has 0 bridgehead atoms. The molecular formula is C15H21N8O12P3. The highest BCUT2D eigenvalue weighted by molar-refractivity contribution is 7.66. The standard InChI is InChI=1S/C15H21N8O12P3/c16-3-1-2-9-5-23(15-13(9)14(17)19-7-20-15)12-4-10(31-8-21-22-18)11(33-12)6-32-37(27,28)35-38(29,30)34-36(24,25)26/h5,7,10-12H,3-4,6,8,16H2,(H,27,28)(H,29,30)(H2,17,19,20)(H2,24,25,26). The molecule has 3 rings (SSSR count). The molecule has 0 aliphatic carbocycles. The fourth-order valence-electron chi connectivity index (χ4n) is 3.39. The Labute approximate surface area is 212 Å². The maximum absolute atomic E-state index is 12.1. The highest BCUT2D eigenvalue weighted by Gasteiger charge is 2.43. The van der Waals surface area contributed by atoms with Gasteiger partial charge in [-0.1, -0.05) is 17.0 Å². The van der Waals surface area contributed by atoms with Crippen LogP contribution in [-0.4, -0.2) is 66.2 Å². The van der Waals surface area contributed by atoms with Crippen LogP contribution in [0.2, 0.25) is 0 Å². The maximum atomic E-state index is 12.1. The number of hydrogen-bond acceptors (Lipinski definition) is 13. The average Bonchev–Trinajstić information content (AvgIpc) is 3.36. The van der Waals surface area contributed by atoms with Crippen LogP contribution in [0.3, 0.4) is 0 Å². The largest absolute Gasteiger partial charge is 0.490 e. The molecule has 0 aromatic carbocycles. The van der Waals surface area contributed by atoms with Crippen LogP contribution in [0.5, 0.6) is 0 Å². The van der Waals surface area contributed by atoms with Gasteiger partial charge in [-0.3, -0.25) is 4.52 Å². The van der Waals surface area contributed by atoms with Crippen molar-refractivity contribution in [2.24, 2.45) is 10.8 Å². The lowest BCUT2D eigenvalue weighted by atomic mass is 10.2. The molecule has 0 radical (unpaired) electrons. The SMILES string of the molecule is [N-]=[N+]=NCOC1CC(n2cc(C#CCN)c3c(N)ncnc32)OC1COP(=O)(O)OP(=O)(O)OP(=O)(O)O. The number of phosphoric acid groups is 3. The number of anilines is 1. The summed E-state index contributed by atoms with van der Waals surface area (Å²) in [5.74, 6) is 5.68. The third-order valence-electron chi connectivity index (χ3n) is 4.68. The zero-order valence-corrected chi connectivity index (χ0v) is 21.6. The molecule has 1 aliphatic heterocycles. The summed E-state index contributed by atoms with van der Waals surface area (Å²) in [6.45, 7) is -1.17. The van der Waals surface area contributed by atoms with E-state index in [2.05, 4.69) is 45.0 Å². The van der Waals surface area contributed by atoms with Crippen molar-refractivity contribution >= 4 is 40.3 Å². The van der Waals surface area contributed by atoms with Crippen molar-refractivity contribution in [1.29, 1.82) is 0 Å². The van der Waals surface area contributed by atoms with E-state index in [-0.39, 0.29) is 18.8 Å². The Balaban J connectivity index is 1.83. The van der Waals surface area contributed by atoms with Crippen molar-refractivity contribution in [3.63, 3.8) is 0 Å². The monoisotopic (exact) mass is 598 g/mol. The lowest BCUT2D eigenvalue weighted by Crippen LogP contribution is -2.29. The van der Waals surface area contributed by atoms with Crippen molar-refractivity contribution < 1.29 is 55.9 Å². The number of nitrogens with zero attached hydrogens (tertiary/aromatic N) is 6. The normalized spacial score (nSPS) is 22.7. The molecule has 2 aromatic rings. The molecule has 3 heterocycles. The van der Waals surface area contributed by atoms with Gasteiger partial charge < -0.3 is 45.1 Å². The predicted molar refractivity (Wildman–Crippen MR) is 125 cm³/mol. The summed E-state index contributed by atoms with van der Waals surface area (Å²) in [6, 6.07) is 0. The molecule has 23 heteroatoms. The van der Waals surface area contributed by atoms with Crippen molar-refractivity contribution in [2.75, 3.05) is 25.6 Å². The summed E-state index contributed by atoms with van der Waals surface area (Å²) in [4.78, 5) is 47.1. The Bertz CT molecular complexity index is 1430. The fourth-order valence-corrected chi connectivity index (χ4v) is 6.42. The van der Waals surface area contributed by atoms with E-state index in [1.54, 1.807) is 10.8 Å². The lowest BCUT2D eigenvalue weighted by molar-refractivity contribution is -0.0581. The highest BCUT2D eigenvalue weighted by Crippen LogP contribution is 2.66. The van der Waals surface area contributed by atoms with Crippen molar-refractivity contribution in [1.82, 2.24) is 14.5 Å². The van der Waals surface area contributed by atoms with Gasteiger partial charge in [0.2, 0.25) is 0 Å². The van der Waals surface area contributed by atoms with Crippen LogP contribution in [0.15, 0.2) is 17.6 Å². The quantitative estimate of drug-likeness (QED) is 0.0678. The molecule has 208 valence electrons. The minimum absolute atomic E-state index is 0.0584. The van der Waals surface area contributed by atoms with Gasteiger partial charge in [-0.15, -0.1) is 0 Å². The summed E-state index contributed by atoms with van der Waals surface area (Å²) in [5.41, 5.74) is 20.7. The van der Waals surface area contributed by atoms with Gasteiger partial charge in [-0.05, 0) is 5.53 Å². The van der Waals surface area contributed by atoms with Crippen molar-refractivity contribution in [2.45, 2.75) is 24.9 Å². The van der Waals surface area contributed by atoms with Gasteiger partial charge in [-0.25, -0.2) is 23.7 Å². The number of fused-ring (bicyclic) bond motifs is 1. The molecule has 0 amide bonds. The molecule has 1 saturated heterocycles. The first-order chi connectivity index (χ1) is 17.8. The maximum Gasteiger partial charge on any atom is 0.490 e. The molecule has 38 heavy (non-hydrogen) atoms. The topological polar surface area (TPSA) is 310 Å². The van der Waals surface area contributed by atoms with Crippen LogP contribution in [0.1, 0.15) is 18.2 Å². The molecular weight excluding hydrogens is 577 g/mol. The fraction of sp³-hybridized carbons (Fsp3) is 0.467. The Morgan fingerprint density at radius 1 is 1.24 bits per heavy atom. The van der Waals surface area contributed by atoms with Gasteiger partial charge in [0, 0.05) is 17.5 Å². The van der Waals surface area contributed by atoms with Gasteiger partial charge in [-0.2, -0.15) is 8.62 Å². The van der Waals surface area contributed by atoms with Crippen LogP contribution in [0.25, 0.3) is 21.5 Å². The summed E-state index contributed by atoms with van der Waals surface area (Å²) in [6.07, 6.45) is -0.0972. The van der Waals surface area contributed by atoms with Crippen molar-refractivity contribution in [3.8, 4) is 11.8 Å². The second-order valence-electron chi connectivity index (χ2n) is 7.23. The molecule has 0 saturated carbocycles. The van der Waals surface area contributed by atoms with E-state index in [1.165, 1.54) is 6.33 Å². The molecule has 8 N–H and O–H groups in total. The Morgan fingerprint density at radius 2 is 1.97 bits per heavy atom. The second kappa shape index (κ2) is 12.2. The van der Waals surface area contributed by atoms with E-state index in [1.807, 2.05) is 0 Å². The van der Waals surface area contributed by atoms with Crippen molar-refractivity contribution in [3.05, 3.63) is 28.5 Å². The molecule has 5 atom stereocenters. The number of phosphoric ester groups is 1. The Kier molecular flexibility index (Phi) is 9.66. The first-order valence-electron chi connectivity index (χ1n) is 10.1. The minimum atomic E-state index is -5.71. The Morgan fingerprint density at radius 3 is 2.63 bits per heavy atom. The van der Waals surface area contributed by atoms with Crippen LogP contribution >= 0.6 is 23.5 Å². The van der Waals surface area contributed by atoms with Gasteiger partial charge in [0.05, 0.1) is 30.2 Å². The van der Waals surface area contributed by atoms with Crippen LogP contribution < -0.4 is 11.5 Å². The average molecular weight is 598 g/mol. The Hall–Kier alpha value is -2.42. The minimum Gasteiger partial charge on any atom is -0.383 e. The van der Waals surface area contributed by atoms with Gasteiger partial charge in [0.1, 0.15) is 36.9 Å². The zero-order valence-electron chi connectivity index (χ0n) is 18.9. The second-order valence-corrected chi connectivity index (χ2v) is 11.7. The molecule has 2 aromatic heterocycles. The number of hydrogen-bond donors (Lipinski definition) is 6. The van der Waals surface area contributed by atoms with Crippen LogP contribution in [0.4, 0.5) is 5.82 Å². The number of aromatic nitrogens is 3. The first kappa shape index (κ1) is 30.1. The van der Waals surface area contributed by atoms with E-state index in [0.717, 1.165) is 0 Å². The summed E-state index contributed by atoms with van der Waals surface area (Å²) >= 11 is 0. The van der Waals surface area contributed by atoms with E-state index >= 15 is 0 Å². The molecule has 0 spiro atoms. The highest BCUT2D eigenvalue weighted by atomic mass is 31.3. The predicted octanol–water partition coefficient (Wildman–Crippen LogP) is 0.607. The van der Waals surface area contributed by atoms with E-state index in [4.69, 9.17) is 36.3 Å². The number of nitrogen functional groups attached to an aromatic ring is 1. The molecule has 5 unspecified atom stereocenters. The third kappa shape index (κ3) is 8.04. The molecule has 1 aliphatic rings. The van der Waals surface area contributed by atoms with Gasteiger partial charge in [0.15, 0.2) is 0 Å². The zero-order chi connectivity index (χ0) is 28.1. The van der Waals surface area contributed by atoms with Crippen LogP contribution in [0, 0.1) is 11.8 Å². The summed E-state index contributed by atoms with van der Waals surface area (Å²) in [5, 5.41) is 3.67. The lowest BCUT2D eigenvalue weighted by Gasteiger charge is -2.21. The van der Waals surface area contributed by atoms with Crippen LogP contribution in [-0.2, 0) is 36.3 Å². The number of nitrogens with two attached hydrogens (primary N) is 2. The number of azide groups is 1.